The number of nitrogens with zero attached hydrogens (tertiary/aromatic N) is 2. The molecule has 0 spiro atoms. The molecule has 3 rings (SSSR count). The van der Waals surface area contributed by atoms with Crippen molar-refractivity contribution in [3.63, 3.8) is 0 Å². The van der Waals surface area contributed by atoms with Gasteiger partial charge in [-0.2, -0.15) is 0 Å². The molecular weight excluding hydrogens is 266 g/mol. The Morgan fingerprint density at radius 3 is 2.76 bits per heavy atom. The molecular formula is C16H25N3O2. The Labute approximate surface area is 126 Å². The number of nitrogens with one attached hydrogen (secondary N) is 1. The number of imidazole rings is 1. The van der Waals surface area contributed by atoms with Gasteiger partial charge in [-0.15, -0.1) is 0 Å². The molecule has 5 heteroatoms. The van der Waals surface area contributed by atoms with E-state index in [1.54, 1.807) is 4.90 Å². The Hall–Kier alpha value is -1.52. The minimum absolute atomic E-state index is 0.218. The predicted octanol–water partition coefficient (Wildman–Crippen LogP) is 3.18. The Morgan fingerprint density at radius 2 is 2.14 bits per heavy atom. The van der Waals surface area contributed by atoms with Crippen LogP contribution in [0.1, 0.15) is 69.6 Å². The molecule has 1 amide bonds. The number of carbonyl (C=O) groups is 1. The fourth-order valence-electron chi connectivity index (χ4n) is 3.15. The highest BCUT2D eigenvalue weighted by molar-refractivity contribution is 5.69. The third-order valence-electron chi connectivity index (χ3n) is 4.37. The van der Waals surface area contributed by atoms with Crippen molar-refractivity contribution in [3.8, 4) is 0 Å². The van der Waals surface area contributed by atoms with Crippen LogP contribution in [0, 0.1) is 0 Å². The first-order valence-electron chi connectivity index (χ1n) is 7.94. The van der Waals surface area contributed by atoms with Gasteiger partial charge in [0.1, 0.15) is 11.4 Å². The van der Waals surface area contributed by atoms with E-state index in [9.17, 15) is 4.79 Å². The fraction of sp³-hybridized carbons (Fsp3) is 0.750. The van der Waals surface area contributed by atoms with Crippen LogP contribution in [-0.2, 0) is 11.2 Å². The lowest BCUT2D eigenvalue weighted by Gasteiger charge is -2.38. The normalized spacial score (nSPS) is 22.1. The maximum Gasteiger partial charge on any atom is 0.410 e. The van der Waals surface area contributed by atoms with E-state index in [0.717, 1.165) is 18.7 Å². The summed E-state index contributed by atoms with van der Waals surface area (Å²) in [6, 6.07) is 0. The van der Waals surface area contributed by atoms with Gasteiger partial charge < -0.3 is 14.6 Å². The number of hydrogen-bond donors (Lipinski definition) is 1. The molecule has 0 bridgehead atoms. The van der Waals surface area contributed by atoms with Crippen molar-refractivity contribution in [2.45, 2.75) is 64.4 Å². The third-order valence-corrected chi connectivity index (χ3v) is 4.37. The van der Waals surface area contributed by atoms with Gasteiger partial charge in [-0.3, -0.25) is 0 Å². The second-order valence-corrected chi connectivity index (χ2v) is 7.21. The number of aromatic amines is 1. The summed E-state index contributed by atoms with van der Waals surface area (Å²) in [5.41, 5.74) is 2.15. The summed E-state index contributed by atoms with van der Waals surface area (Å²) in [5, 5.41) is 0. The molecule has 1 fully saturated rings. The highest BCUT2D eigenvalue weighted by atomic mass is 16.6. The van der Waals surface area contributed by atoms with E-state index in [0.29, 0.717) is 24.9 Å². The third kappa shape index (κ3) is 2.78. The van der Waals surface area contributed by atoms with Gasteiger partial charge in [0.15, 0.2) is 0 Å². The summed E-state index contributed by atoms with van der Waals surface area (Å²) in [4.78, 5) is 22.0. The highest BCUT2D eigenvalue weighted by Gasteiger charge is 2.37. The number of carbonyl (C=O) groups excluding carboxylic acids is 1. The molecule has 1 aromatic rings. The zero-order valence-corrected chi connectivity index (χ0v) is 13.4. The van der Waals surface area contributed by atoms with Crippen LogP contribution in [0.3, 0.4) is 0 Å². The van der Waals surface area contributed by atoms with Crippen molar-refractivity contribution >= 4 is 6.09 Å². The van der Waals surface area contributed by atoms with E-state index in [1.165, 1.54) is 17.8 Å². The van der Waals surface area contributed by atoms with Gasteiger partial charge in [-0.25, -0.2) is 9.78 Å². The van der Waals surface area contributed by atoms with Gasteiger partial charge in [0.25, 0.3) is 0 Å². The lowest BCUT2D eigenvalue weighted by molar-refractivity contribution is 0.00757. The molecule has 116 valence electrons. The van der Waals surface area contributed by atoms with E-state index in [4.69, 9.17) is 9.72 Å². The van der Waals surface area contributed by atoms with Crippen molar-refractivity contribution in [2.24, 2.45) is 0 Å². The molecule has 21 heavy (non-hydrogen) atoms. The maximum atomic E-state index is 11.9. The first-order valence-corrected chi connectivity index (χ1v) is 7.94. The summed E-state index contributed by atoms with van der Waals surface area (Å²) < 4.78 is 5.38. The molecule has 1 N–H and O–H groups in total. The molecule has 1 unspecified atom stereocenters. The van der Waals surface area contributed by atoms with Gasteiger partial charge >= 0.3 is 6.09 Å². The zero-order chi connectivity index (χ0) is 15.2. The number of likely N-dealkylation sites (tertiary alicyclic amines) is 1. The van der Waals surface area contributed by atoms with E-state index in [-0.39, 0.29) is 6.09 Å². The first-order chi connectivity index (χ1) is 9.87. The second kappa shape index (κ2) is 5.04. The van der Waals surface area contributed by atoms with Crippen molar-refractivity contribution in [3.05, 3.63) is 17.2 Å². The fourth-order valence-corrected chi connectivity index (χ4v) is 3.15. The summed E-state index contributed by atoms with van der Waals surface area (Å²) in [6.07, 6.45) is 3.28. The van der Waals surface area contributed by atoms with Crippen LogP contribution in [0.5, 0.6) is 0 Å². The summed E-state index contributed by atoms with van der Waals surface area (Å²) in [6.45, 7) is 9.32. The molecule has 1 atom stereocenters. The zero-order valence-electron chi connectivity index (χ0n) is 13.4. The van der Waals surface area contributed by atoms with E-state index >= 15 is 0 Å². The Morgan fingerprint density at radius 1 is 1.43 bits per heavy atom. The van der Waals surface area contributed by atoms with Crippen molar-refractivity contribution in [1.29, 1.82) is 0 Å². The number of aryl methyl sites for hydroxylation is 1. The molecule has 1 aliphatic heterocycles. The molecule has 5 nitrogen and oxygen atoms in total. The van der Waals surface area contributed by atoms with Crippen LogP contribution in [0.2, 0.25) is 0 Å². The standard InChI is InChI=1S/C16H25N3O2/c1-5-10-6-7-12-13(10)18-14(17-12)11-8-19(9-11)15(20)21-16(2,3)4/h10-11H,5-9H2,1-4H3,(H,17,18). The van der Waals surface area contributed by atoms with Crippen LogP contribution in [-0.4, -0.2) is 39.7 Å². The Kier molecular flexibility index (Phi) is 3.46. The monoisotopic (exact) mass is 291 g/mol. The molecule has 2 aliphatic rings. The number of hydrogen-bond acceptors (Lipinski definition) is 3. The molecule has 1 aromatic heterocycles. The quantitative estimate of drug-likeness (QED) is 0.910. The number of amides is 1. The Balaban J connectivity index is 1.59. The minimum atomic E-state index is -0.428. The molecule has 0 radical (unpaired) electrons. The summed E-state index contributed by atoms with van der Waals surface area (Å²) in [5.74, 6) is 2.01. The van der Waals surface area contributed by atoms with Crippen LogP contribution in [0.15, 0.2) is 0 Å². The maximum absolute atomic E-state index is 11.9. The number of rotatable bonds is 2. The average Bonchev–Trinajstić information content (AvgIpc) is 2.83. The second-order valence-electron chi connectivity index (χ2n) is 7.21. The number of fused-ring (bicyclic) bond motifs is 1. The average molecular weight is 291 g/mol. The SMILES string of the molecule is CCC1CCc2[nH]c(C3CN(C(=O)OC(C)(C)C)C3)nc21. The van der Waals surface area contributed by atoms with Crippen molar-refractivity contribution in [1.82, 2.24) is 14.9 Å². The molecule has 1 aliphatic carbocycles. The van der Waals surface area contributed by atoms with Gasteiger partial charge in [-0.1, -0.05) is 6.92 Å². The van der Waals surface area contributed by atoms with Crippen LogP contribution in [0.4, 0.5) is 4.79 Å². The van der Waals surface area contributed by atoms with E-state index in [1.807, 2.05) is 20.8 Å². The van der Waals surface area contributed by atoms with Gasteiger partial charge in [0.2, 0.25) is 0 Å². The number of H-pyrrole nitrogens is 1. The highest BCUT2D eigenvalue weighted by Crippen LogP contribution is 2.36. The summed E-state index contributed by atoms with van der Waals surface area (Å²) >= 11 is 0. The first kappa shape index (κ1) is 14.4. The number of aromatic nitrogens is 2. The van der Waals surface area contributed by atoms with Crippen LogP contribution >= 0.6 is 0 Å². The smallest absolute Gasteiger partial charge is 0.410 e. The summed E-state index contributed by atoms with van der Waals surface area (Å²) in [7, 11) is 0. The molecule has 0 aromatic carbocycles. The van der Waals surface area contributed by atoms with E-state index < -0.39 is 5.60 Å². The molecule has 0 saturated carbocycles. The number of ether oxygens (including phenoxy) is 1. The largest absolute Gasteiger partial charge is 0.444 e. The van der Waals surface area contributed by atoms with Gasteiger partial charge in [-0.05, 0) is 40.0 Å². The predicted molar refractivity (Wildman–Crippen MR) is 80.5 cm³/mol. The Bertz CT molecular complexity index is 538. The minimum Gasteiger partial charge on any atom is -0.444 e. The van der Waals surface area contributed by atoms with Gasteiger partial charge in [0.05, 0.1) is 11.6 Å². The molecule has 1 saturated heterocycles. The lowest BCUT2D eigenvalue weighted by Crippen LogP contribution is -2.50. The van der Waals surface area contributed by atoms with E-state index in [2.05, 4.69) is 11.9 Å². The topological polar surface area (TPSA) is 58.2 Å². The van der Waals surface area contributed by atoms with Crippen molar-refractivity contribution in [2.75, 3.05) is 13.1 Å². The van der Waals surface area contributed by atoms with Crippen molar-refractivity contribution < 1.29 is 9.53 Å². The molecule has 2 heterocycles. The lowest BCUT2D eigenvalue weighted by atomic mass is 10.00. The van der Waals surface area contributed by atoms with Gasteiger partial charge in [0, 0.05) is 24.7 Å². The van der Waals surface area contributed by atoms with Crippen LogP contribution < -0.4 is 0 Å². The van der Waals surface area contributed by atoms with Crippen LogP contribution in [0.25, 0.3) is 0 Å².